The number of nitrogens with one attached hydrogen (secondary N) is 3. The first-order valence-electron chi connectivity index (χ1n) is 9.42. The summed E-state index contributed by atoms with van der Waals surface area (Å²) in [5.41, 5.74) is 10.5. The van der Waals surface area contributed by atoms with E-state index in [1.54, 1.807) is 6.26 Å². The van der Waals surface area contributed by atoms with Crippen LogP contribution in [-0.2, 0) is 28.8 Å². The lowest BCUT2D eigenvalue weighted by molar-refractivity contribution is -0.143. The number of carboxylic acids is 2. The van der Waals surface area contributed by atoms with Crippen LogP contribution in [0.3, 0.4) is 0 Å². The topological polar surface area (TPSA) is 251 Å². The summed E-state index contributed by atoms with van der Waals surface area (Å²) >= 11 is 1.37. The number of hydrogen-bond acceptors (Lipinski definition) is 9. The predicted octanol–water partition coefficient (Wildman–Crippen LogP) is -3.66. The number of nitrogens with two attached hydrogens (primary N) is 2. The minimum Gasteiger partial charge on any atom is -0.481 e. The van der Waals surface area contributed by atoms with Gasteiger partial charge in [-0.25, -0.2) is 4.79 Å². The second-order valence-electron chi connectivity index (χ2n) is 6.70. The van der Waals surface area contributed by atoms with Crippen molar-refractivity contribution < 1.29 is 44.1 Å². The maximum absolute atomic E-state index is 12.7. The summed E-state index contributed by atoms with van der Waals surface area (Å²) in [5.74, 6) is -6.09. The minimum absolute atomic E-state index is 0.123. The molecular weight excluding hydrogens is 450 g/mol. The lowest BCUT2D eigenvalue weighted by Crippen LogP contribution is -2.58. The molecule has 10 N–H and O–H groups in total. The van der Waals surface area contributed by atoms with Crippen molar-refractivity contribution in [1.82, 2.24) is 16.0 Å². The Kier molecular flexibility index (Phi) is 13.6. The van der Waals surface area contributed by atoms with Gasteiger partial charge in [0.25, 0.3) is 0 Å². The smallest absolute Gasteiger partial charge is 0.326 e. The van der Waals surface area contributed by atoms with E-state index in [1.807, 2.05) is 0 Å². The summed E-state index contributed by atoms with van der Waals surface area (Å²) in [6.07, 6.45) is 0.222. The van der Waals surface area contributed by atoms with Crippen LogP contribution in [0.2, 0.25) is 0 Å². The van der Waals surface area contributed by atoms with Gasteiger partial charge in [0.15, 0.2) is 0 Å². The molecule has 0 spiro atoms. The van der Waals surface area contributed by atoms with Crippen LogP contribution >= 0.6 is 11.8 Å². The first-order valence-corrected chi connectivity index (χ1v) is 10.8. The molecule has 0 saturated carbocycles. The third-order valence-electron chi connectivity index (χ3n) is 4.08. The normalized spacial score (nSPS) is 14.3. The van der Waals surface area contributed by atoms with E-state index >= 15 is 0 Å². The molecule has 0 aliphatic carbocycles. The monoisotopic (exact) mass is 479 g/mol. The highest BCUT2D eigenvalue weighted by molar-refractivity contribution is 7.98. The van der Waals surface area contributed by atoms with Crippen molar-refractivity contribution in [2.45, 2.75) is 49.9 Å². The molecule has 182 valence electrons. The largest absolute Gasteiger partial charge is 0.481 e. The van der Waals surface area contributed by atoms with Gasteiger partial charge in [-0.1, -0.05) is 0 Å². The first kappa shape index (κ1) is 29.1. The molecule has 4 atom stereocenters. The van der Waals surface area contributed by atoms with E-state index in [1.165, 1.54) is 11.8 Å². The Labute approximate surface area is 187 Å². The lowest BCUT2D eigenvalue weighted by atomic mass is 10.1. The zero-order chi connectivity index (χ0) is 24.8. The summed E-state index contributed by atoms with van der Waals surface area (Å²) in [7, 11) is 0. The van der Waals surface area contributed by atoms with Crippen LogP contribution in [-0.4, -0.2) is 93.7 Å². The number of carbonyl (C=O) groups is 6. The van der Waals surface area contributed by atoms with E-state index in [2.05, 4.69) is 16.0 Å². The number of thioether (sulfide) groups is 1. The van der Waals surface area contributed by atoms with Gasteiger partial charge in [0.05, 0.1) is 13.0 Å². The lowest BCUT2D eigenvalue weighted by Gasteiger charge is -2.24. The molecule has 4 unspecified atom stereocenters. The first-order chi connectivity index (χ1) is 14.9. The van der Waals surface area contributed by atoms with Crippen molar-refractivity contribution in [1.29, 1.82) is 0 Å². The Morgan fingerprint density at radius 3 is 1.88 bits per heavy atom. The van der Waals surface area contributed by atoms with E-state index in [-0.39, 0.29) is 6.42 Å². The number of primary amides is 1. The van der Waals surface area contributed by atoms with Crippen LogP contribution in [0.1, 0.15) is 25.7 Å². The van der Waals surface area contributed by atoms with Crippen LogP contribution in [0.4, 0.5) is 0 Å². The summed E-state index contributed by atoms with van der Waals surface area (Å²) in [5, 5.41) is 33.5. The molecule has 0 aromatic carbocycles. The summed E-state index contributed by atoms with van der Waals surface area (Å²) in [6, 6.07) is -5.61. The Hall–Kier alpha value is -2.91. The SMILES string of the molecule is CSCCC(NC(=O)C(N)CO)C(=O)NC(CC(N)=O)C(=O)NC(CCC(=O)O)C(=O)O. The second kappa shape index (κ2) is 15.0. The number of aliphatic hydroxyl groups excluding tert-OH is 1. The third kappa shape index (κ3) is 11.5. The fourth-order valence-corrected chi connectivity index (χ4v) is 2.82. The fraction of sp³-hybridized carbons (Fsp3) is 0.647. The van der Waals surface area contributed by atoms with Crippen LogP contribution in [0.5, 0.6) is 0 Å². The quantitative estimate of drug-likeness (QED) is 0.107. The Bertz CT molecular complexity index is 706. The summed E-state index contributed by atoms with van der Waals surface area (Å²) in [4.78, 5) is 70.4. The van der Waals surface area contributed by atoms with E-state index in [4.69, 9.17) is 21.7 Å². The highest BCUT2D eigenvalue weighted by Crippen LogP contribution is 2.05. The molecule has 0 aromatic rings. The maximum atomic E-state index is 12.7. The van der Waals surface area contributed by atoms with Crippen LogP contribution in [0.15, 0.2) is 0 Å². The van der Waals surface area contributed by atoms with Gasteiger partial charge < -0.3 is 42.7 Å². The molecule has 0 aliphatic heterocycles. The number of carboxylic acid groups (broad SMARTS) is 2. The van der Waals surface area contributed by atoms with Crippen LogP contribution < -0.4 is 27.4 Å². The zero-order valence-electron chi connectivity index (χ0n) is 17.4. The van der Waals surface area contributed by atoms with Crippen LogP contribution in [0, 0.1) is 0 Å². The van der Waals surface area contributed by atoms with E-state index in [0.29, 0.717) is 5.75 Å². The summed E-state index contributed by atoms with van der Waals surface area (Å²) < 4.78 is 0. The van der Waals surface area contributed by atoms with Crippen molar-refractivity contribution in [2.24, 2.45) is 11.5 Å². The number of carbonyl (C=O) groups excluding carboxylic acids is 4. The third-order valence-corrected chi connectivity index (χ3v) is 4.72. The minimum atomic E-state index is -1.58. The average molecular weight is 480 g/mol. The highest BCUT2D eigenvalue weighted by Gasteiger charge is 2.31. The average Bonchev–Trinajstić information content (AvgIpc) is 2.71. The van der Waals surface area contributed by atoms with Gasteiger partial charge in [0.1, 0.15) is 24.2 Å². The van der Waals surface area contributed by atoms with Crippen LogP contribution in [0.25, 0.3) is 0 Å². The molecule has 0 rings (SSSR count). The number of hydrogen-bond donors (Lipinski definition) is 8. The van der Waals surface area contributed by atoms with Crippen molar-refractivity contribution >= 4 is 47.3 Å². The Morgan fingerprint density at radius 1 is 0.875 bits per heavy atom. The van der Waals surface area contributed by atoms with Gasteiger partial charge in [-0.15, -0.1) is 0 Å². The molecule has 0 heterocycles. The number of aliphatic carboxylic acids is 2. The van der Waals surface area contributed by atoms with E-state index < -0.39 is 85.6 Å². The highest BCUT2D eigenvalue weighted by atomic mass is 32.2. The molecule has 0 fully saturated rings. The molecule has 15 heteroatoms. The zero-order valence-corrected chi connectivity index (χ0v) is 18.2. The van der Waals surface area contributed by atoms with Crippen molar-refractivity contribution in [3.05, 3.63) is 0 Å². The Morgan fingerprint density at radius 2 is 1.41 bits per heavy atom. The molecule has 0 bridgehead atoms. The van der Waals surface area contributed by atoms with Gasteiger partial charge in [0, 0.05) is 6.42 Å². The number of aliphatic hydroxyl groups is 1. The van der Waals surface area contributed by atoms with Gasteiger partial charge >= 0.3 is 11.9 Å². The molecule has 32 heavy (non-hydrogen) atoms. The molecular formula is C17H29N5O9S. The van der Waals surface area contributed by atoms with Gasteiger partial charge in [-0.05, 0) is 24.9 Å². The summed E-state index contributed by atoms with van der Waals surface area (Å²) in [6.45, 7) is -0.664. The van der Waals surface area contributed by atoms with Gasteiger partial charge in [0.2, 0.25) is 23.6 Å². The molecule has 4 amide bonds. The van der Waals surface area contributed by atoms with E-state index in [0.717, 1.165) is 0 Å². The maximum Gasteiger partial charge on any atom is 0.326 e. The van der Waals surface area contributed by atoms with Crippen molar-refractivity contribution in [2.75, 3.05) is 18.6 Å². The molecule has 0 aromatic heterocycles. The molecule has 0 radical (unpaired) electrons. The number of amides is 4. The standard InChI is InChI=1S/C17H29N5O9S/c1-32-5-4-9(20-14(27)8(18)7-23)15(28)22-11(6-12(19)24)16(29)21-10(17(30)31)2-3-13(25)26/h8-11,23H,2-7,18H2,1H3,(H2,19,24)(H,20,27)(H,21,29)(H,22,28)(H,25,26)(H,30,31). The predicted molar refractivity (Wildman–Crippen MR) is 112 cm³/mol. The van der Waals surface area contributed by atoms with Gasteiger partial charge in [-0.2, -0.15) is 11.8 Å². The van der Waals surface area contributed by atoms with E-state index in [9.17, 15) is 33.9 Å². The molecule has 0 aliphatic rings. The second-order valence-corrected chi connectivity index (χ2v) is 7.68. The van der Waals surface area contributed by atoms with Crippen molar-refractivity contribution in [3.8, 4) is 0 Å². The number of rotatable bonds is 16. The van der Waals surface area contributed by atoms with Crippen molar-refractivity contribution in [3.63, 3.8) is 0 Å². The fourth-order valence-electron chi connectivity index (χ4n) is 2.35. The Balaban J connectivity index is 5.44. The van der Waals surface area contributed by atoms with Gasteiger partial charge in [-0.3, -0.25) is 24.0 Å². The molecule has 0 saturated heterocycles. The molecule has 14 nitrogen and oxygen atoms in total.